The molecule has 2 unspecified atom stereocenters. The van der Waals surface area contributed by atoms with Crippen LogP contribution < -0.4 is 10.6 Å². The van der Waals surface area contributed by atoms with E-state index in [0.717, 1.165) is 58.2 Å². The van der Waals surface area contributed by atoms with Crippen molar-refractivity contribution in [2.75, 3.05) is 53.5 Å². The minimum Gasteiger partial charge on any atom is -0.374 e. The maximum absolute atomic E-state index is 5.77. The third-order valence-corrected chi connectivity index (χ3v) is 3.99. The highest BCUT2D eigenvalue weighted by Gasteiger charge is 2.29. The van der Waals surface area contributed by atoms with Gasteiger partial charge in [-0.15, -0.1) is 0 Å². The van der Waals surface area contributed by atoms with Crippen molar-refractivity contribution < 1.29 is 9.47 Å². The van der Waals surface area contributed by atoms with E-state index in [4.69, 9.17) is 9.47 Å². The highest BCUT2D eigenvalue weighted by atomic mass is 16.5. The largest absolute Gasteiger partial charge is 0.374 e. The van der Waals surface area contributed by atoms with Gasteiger partial charge in [-0.3, -0.25) is 4.99 Å². The van der Waals surface area contributed by atoms with Crippen molar-refractivity contribution in [1.29, 1.82) is 0 Å². The summed E-state index contributed by atoms with van der Waals surface area (Å²) in [5.74, 6) is 0.818. The quantitative estimate of drug-likeness (QED) is 0.564. The summed E-state index contributed by atoms with van der Waals surface area (Å²) in [6.07, 6.45) is 2.48. The summed E-state index contributed by atoms with van der Waals surface area (Å²) in [5, 5.41) is 6.68. The molecule has 2 N–H and O–H groups in total. The zero-order chi connectivity index (χ0) is 14.4. The predicted molar refractivity (Wildman–Crippen MR) is 80.2 cm³/mol. The van der Waals surface area contributed by atoms with Crippen LogP contribution in [0.3, 0.4) is 0 Å². The Morgan fingerprint density at radius 3 is 2.90 bits per heavy atom. The molecule has 2 aliphatic rings. The SMILES string of the molecule is CN=C(NCC1CN(C)CCO1)NCC1(C)CCCO1. The molecule has 0 spiro atoms. The van der Waals surface area contributed by atoms with Crippen molar-refractivity contribution in [2.45, 2.75) is 31.5 Å². The van der Waals surface area contributed by atoms with Gasteiger partial charge in [0.1, 0.15) is 0 Å². The van der Waals surface area contributed by atoms with Crippen LogP contribution in [0.4, 0.5) is 0 Å². The highest BCUT2D eigenvalue weighted by molar-refractivity contribution is 5.79. The van der Waals surface area contributed by atoms with Gasteiger partial charge in [0.15, 0.2) is 5.96 Å². The molecule has 2 aliphatic heterocycles. The number of hydrogen-bond donors (Lipinski definition) is 2. The van der Waals surface area contributed by atoms with E-state index in [9.17, 15) is 0 Å². The number of nitrogens with one attached hydrogen (secondary N) is 2. The van der Waals surface area contributed by atoms with Gasteiger partial charge < -0.3 is 25.0 Å². The smallest absolute Gasteiger partial charge is 0.191 e. The summed E-state index contributed by atoms with van der Waals surface area (Å²) in [5.41, 5.74) is -0.0564. The Kier molecular flexibility index (Phi) is 5.63. The molecule has 0 radical (unpaired) electrons. The first kappa shape index (κ1) is 15.5. The fourth-order valence-electron chi connectivity index (χ4n) is 2.67. The van der Waals surface area contributed by atoms with Gasteiger partial charge in [-0.1, -0.05) is 0 Å². The second-order valence-corrected chi connectivity index (χ2v) is 5.96. The zero-order valence-corrected chi connectivity index (χ0v) is 12.9. The van der Waals surface area contributed by atoms with Crippen LogP contribution in [0.15, 0.2) is 4.99 Å². The molecule has 0 amide bonds. The number of rotatable bonds is 4. The predicted octanol–water partition coefficient (Wildman–Crippen LogP) is 0.0511. The molecule has 0 saturated carbocycles. The minimum absolute atomic E-state index is 0.0564. The van der Waals surface area contributed by atoms with Crippen LogP contribution in [0.2, 0.25) is 0 Å². The summed E-state index contributed by atoms with van der Waals surface area (Å²) < 4.78 is 11.5. The van der Waals surface area contributed by atoms with E-state index >= 15 is 0 Å². The van der Waals surface area contributed by atoms with E-state index in [1.165, 1.54) is 0 Å². The van der Waals surface area contributed by atoms with Crippen molar-refractivity contribution in [3.63, 3.8) is 0 Å². The van der Waals surface area contributed by atoms with E-state index in [1.54, 1.807) is 7.05 Å². The molecule has 0 aromatic carbocycles. The van der Waals surface area contributed by atoms with Gasteiger partial charge in [0, 0.05) is 39.8 Å². The van der Waals surface area contributed by atoms with Gasteiger partial charge in [-0.2, -0.15) is 0 Å². The van der Waals surface area contributed by atoms with E-state index in [0.29, 0.717) is 0 Å². The average Bonchev–Trinajstić information content (AvgIpc) is 2.86. The Hall–Kier alpha value is -0.850. The van der Waals surface area contributed by atoms with E-state index in [1.807, 2.05) is 0 Å². The van der Waals surface area contributed by atoms with Gasteiger partial charge in [0.05, 0.1) is 18.3 Å². The van der Waals surface area contributed by atoms with Gasteiger partial charge in [0.25, 0.3) is 0 Å². The van der Waals surface area contributed by atoms with E-state index < -0.39 is 0 Å². The molecular weight excluding hydrogens is 256 g/mol. The number of guanidine groups is 1. The van der Waals surface area contributed by atoms with Crippen LogP contribution in [-0.4, -0.2) is 76.1 Å². The Morgan fingerprint density at radius 1 is 1.40 bits per heavy atom. The monoisotopic (exact) mass is 284 g/mol. The number of ether oxygens (including phenoxy) is 2. The third kappa shape index (κ3) is 4.61. The molecule has 2 atom stereocenters. The number of morpholine rings is 1. The molecule has 2 rings (SSSR count). The van der Waals surface area contributed by atoms with Gasteiger partial charge in [0.2, 0.25) is 0 Å². The second kappa shape index (κ2) is 7.24. The molecule has 2 fully saturated rings. The first-order valence-electron chi connectivity index (χ1n) is 7.50. The zero-order valence-electron chi connectivity index (χ0n) is 12.9. The summed E-state index contributed by atoms with van der Waals surface area (Å²) in [7, 11) is 3.92. The van der Waals surface area contributed by atoms with Crippen molar-refractivity contribution in [3.05, 3.63) is 0 Å². The summed E-state index contributed by atoms with van der Waals surface area (Å²) >= 11 is 0. The number of likely N-dealkylation sites (N-methyl/N-ethyl adjacent to an activating group) is 1. The Labute approximate surface area is 121 Å². The minimum atomic E-state index is -0.0564. The topological polar surface area (TPSA) is 58.1 Å². The van der Waals surface area contributed by atoms with Gasteiger partial charge in [-0.25, -0.2) is 0 Å². The third-order valence-electron chi connectivity index (χ3n) is 3.99. The van der Waals surface area contributed by atoms with Crippen LogP contribution in [-0.2, 0) is 9.47 Å². The maximum atomic E-state index is 5.77. The summed E-state index contributed by atoms with van der Waals surface area (Å²) in [6, 6.07) is 0. The molecule has 0 aromatic rings. The lowest BCUT2D eigenvalue weighted by Gasteiger charge is -2.31. The summed E-state index contributed by atoms with van der Waals surface area (Å²) in [6.45, 7) is 7.37. The van der Waals surface area contributed by atoms with E-state index in [2.05, 4.69) is 34.5 Å². The maximum Gasteiger partial charge on any atom is 0.191 e. The Balaban J connectivity index is 1.69. The Bertz CT molecular complexity index is 329. The average molecular weight is 284 g/mol. The fourth-order valence-corrected chi connectivity index (χ4v) is 2.67. The lowest BCUT2D eigenvalue weighted by Crippen LogP contribution is -2.50. The Morgan fingerprint density at radius 2 is 2.25 bits per heavy atom. The highest BCUT2D eigenvalue weighted by Crippen LogP contribution is 2.23. The molecule has 116 valence electrons. The molecule has 0 aliphatic carbocycles. The molecule has 6 heteroatoms. The second-order valence-electron chi connectivity index (χ2n) is 5.96. The van der Waals surface area contributed by atoms with Crippen molar-refractivity contribution in [1.82, 2.24) is 15.5 Å². The molecule has 20 heavy (non-hydrogen) atoms. The molecule has 2 saturated heterocycles. The van der Waals surface area contributed by atoms with Crippen molar-refractivity contribution >= 4 is 5.96 Å². The van der Waals surface area contributed by atoms with Crippen LogP contribution in [0.25, 0.3) is 0 Å². The van der Waals surface area contributed by atoms with Crippen LogP contribution in [0.1, 0.15) is 19.8 Å². The summed E-state index contributed by atoms with van der Waals surface area (Å²) in [4.78, 5) is 6.54. The molecule has 2 heterocycles. The molecule has 0 aromatic heterocycles. The lowest BCUT2D eigenvalue weighted by molar-refractivity contribution is -0.0162. The van der Waals surface area contributed by atoms with Crippen molar-refractivity contribution in [3.8, 4) is 0 Å². The van der Waals surface area contributed by atoms with E-state index in [-0.39, 0.29) is 11.7 Å². The number of nitrogens with zero attached hydrogens (tertiary/aromatic N) is 2. The molecule has 0 bridgehead atoms. The number of hydrogen-bond acceptors (Lipinski definition) is 4. The first-order valence-corrected chi connectivity index (χ1v) is 7.50. The van der Waals surface area contributed by atoms with Gasteiger partial charge in [-0.05, 0) is 26.8 Å². The normalized spacial score (nSPS) is 32.4. The fraction of sp³-hybridized carbons (Fsp3) is 0.929. The lowest BCUT2D eigenvalue weighted by atomic mass is 10.0. The van der Waals surface area contributed by atoms with Crippen LogP contribution in [0.5, 0.6) is 0 Å². The number of aliphatic imine (C=N–C) groups is 1. The van der Waals surface area contributed by atoms with Gasteiger partial charge >= 0.3 is 0 Å². The molecular formula is C14H28N4O2. The van der Waals surface area contributed by atoms with Crippen LogP contribution >= 0.6 is 0 Å². The van der Waals surface area contributed by atoms with Crippen LogP contribution in [0, 0.1) is 0 Å². The molecule has 6 nitrogen and oxygen atoms in total. The first-order chi connectivity index (χ1) is 9.61. The standard InChI is InChI=1S/C14H28N4O2/c1-14(5-4-7-20-14)11-17-13(15-2)16-9-12-10-18(3)6-8-19-12/h12H,4-11H2,1-3H3,(H2,15,16,17). The van der Waals surface area contributed by atoms with Crippen molar-refractivity contribution in [2.24, 2.45) is 4.99 Å².